The van der Waals surface area contributed by atoms with Crippen molar-refractivity contribution in [2.45, 2.75) is 52.1 Å². The van der Waals surface area contributed by atoms with Gasteiger partial charge in [-0.3, -0.25) is 0 Å². The van der Waals surface area contributed by atoms with Gasteiger partial charge in [-0.15, -0.1) is 0 Å². The molecule has 0 unspecified atom stereocenters. The standard InChI is InChI=1S/C22H25BrN2O6/c1-5-7-15-16(19(26)29-6-2)22(21(28)31-15)13-10-12(23)8-9-14(13)25-18(24)17(22)20(27)30-11(3)4/h8-11,25H,5-7,24H2,1-4H3/t22-/m1/s1. The number of rotatable bonds is 6. The van der Waals surface area contributed by atoms with Gasteiger partial charge < -0.3 is 25.3 Å². The maximum absolute atomic E-state index is 13.6. The molecule has 2 aliphatic heterocycles. The lowest BCUT2D eigenvalue weighted by molar-refractivity contribution is -0.149. The number of hydrogen-bond donors (Lipinski definition) is 2. The fourth-order valence-electron chi connectivity index (χ4n) is 3.91. The second-order valence-electron chi connectivity index (χ2n) is 7.47. The molecule has 0 fully saturated rings. The predicted octanol–water partition coefficient (Wildman–Crippen LogP) is 3.41. The van der Waals surface area contributed by atoms with Crippen molar-refractivity contribution in [1.82, 2.24) is 0 Å². The van der Waals surface area contributed by atoms with Gasteiger partial charge in [-0.05, 0) is 45.4 Å². The molecular weight excluding hydrogens is 468 g/mol. The number of carbonyl (C=O) groups excluding carboxylic acids is 3. The van der Waals surface area contributed by atoms with Gasteiger partial charge in [0.05, 0.1) is 12.7 Å². The summed E-state index contributed by atoms with van der Waals surface area (Å²) in [5.74, 6) is -2.27. The molecule has 0 bridgehead atoms. The third-order valence-electron chi connectivity index (χ3n) is 4.98. The molecule has 3 rings (SSSR count). The highest BCUT2D eigenvalue weighted by molar-refractivity contribution is 9.10. The quantitative estimate of drug-likeness (QED) is 0.458. The Hall–Kier alpha value is -2.81. The Labute approximate surface area is 188 Å². The van der Waals surface area contributed by atoms with Gasteiger partial charge in [0.25, 0.3) is 0 Å². The molecule has 0 saturated carbocycles. The lowest BCUT2D eigenvalue weighted by Gasteiger charge is -2.36. The van der Waals surface area contributed by atoms with E-state index in [1.807, 2.05) is 6.92 Å². The number of benzene rings is 1. The Balaban J connectivity index is 2.42. The van der Waals surface area contributed by atoms with Crippen molar-refractivity contribution in [3.05, 3.63) is 51.0 Å². The van der Waals surface area contributed by atoms with Crippen molar-refractivity contribution in [3.8, 4) is 0 Å². The van der Waals surface area contributed by atoms with Crippen LogP contribution in [0.2, 0.25) is 0 Å². The van der Waals surface area contributed by atoms with Crippen LogP contribution in [0.4, 0.5) is 5.69 Å². The predicted molar refractivity (Wildman–Crippen MR) is 117 cm³/mol. The lowest BCUT2D eigenvalue weighted by Crippen LogP contribution is -2.48. The zero-order valence-electron chi connectivity index (χ0n) is 17.8. The van der Waals surface area contributed by atoms with Crippen LogP contribution in [-0.4, -0.2) is 30.6 Å². The van der Waals surface area contributed by atoms with Gasteiger partial charge >= 0.3 is 17.9 Å². The number of hydrogen-bond acceptors (Lipinski definition) is 8. The fourth-order valence-corrected chi connectivity index (χ4v) is 4.27. The Bertz CT molecular complexity index is 1010. The van der Waals surface area contributed by atoms with E-state index in [0.717, 1.165) is 0 Å². The molecule has 31 heavy (non-hydrogen) atoms. The molecule has 2 heterocycles. The molecule has 0 aliphatic carbocycles. The van der Waals surface area contributed by atoms with Crippen LogP contribution in [0.25, 0.3) is 0 Å². The van der Waals surface area contributed by atoms with Gasteiger partial charge in [-0.1, -0.05) is 22.9 Å². The van der Waals surface area contributed by atoms with E-state index in [4.69, 9.17) is 19.9 Å². The monoisotopic (exact) mass is 492 g/mol. The molecule has 0 aromatic heterocycles. The molecule has 1 aromatic rings. The smallest absolute Gasteiger partial charge is 0.339 e. The number of ether oxygens (including phenoxy) is 3. The average molecular weight is 493 g/mol. The van der Waals surface area contributed by atoms with E-state index in [0.29, 0.717) is 28.6 Å². The van der Waals surface area contributed by atoms with Crippen LogP contribution in [0.15, 0.2) is 45.4 Å². The molecule has 0 saturated heterocycles. The van der Waals surface area contributed by atoms with Crippen LogP contribution >= 0.6 is 15.9 Å². The van der Waals surface area contributed by atoms with E-state index in [1.165, 1.54) is 0 Å². The van der Waals surface area contributed by atoms with Crippen LogP contribution in [0.3, 0.4) is 0 Å². The van der Waals surface area contributed by atoms with Crippen molar-refractivity contribution in [2.75, 3.05) is 11.9 Å². The number of nitrogens with two attached hydrogens (primary N) is 1. The Morgan fingerprint density at radius 3 is 2.55 bits per heavy atom. The number of carbonyl (C=O) groups is 3. The third kappa shape index (κ3) is 3.71. The molecular formula is C22H25BrN2O6. The van der Waals surface area contributed by atoms with Crippen LogP contribution < -0.4 is 11.1 Å². The van der Waals surface area contributed by atoms with Gasteiger partial charge in [-0.2, -0.15) is 0 Å². The van der Waals surface area contributed by atoms with Crippen LogP contribution in [0.1, 0.15) is 46.1 Å². The van der Waals surface area contributed by atoms with Crippen LogP contribution in [0, 0.1) is 0 Å². The molecule has 166 valence electrons. The SMILES string of the molecule is CCCC1=C(C(=O)OCC)[C@@]2(C(=O)O1)C(C(=O)OC(C)C)=C(N)Nc1ccc(Br)cc12. The summed E-state index contributed by atoms with van der Waals surface area (Å²) in [5, 5.41) is 2.95. The normalized spacial score (nSPS) is 20.0. The topological polar surface area (TPSA) is 117 Å². The van der Waals surface area contributed by atoms with Crippen molar-refractivity contribution in [2.24, 2.45) is 5.73 Å². The largest absolute Gasteiger partial charge is 0.462 e. The maximum Gasteiger partial charge on any atom is 0.339 e. The lowest BCUT2D eigenvalue weighted by atomic mass is 9.66. The number of nitrogens with one attached hydrogen (secondary N) is 1. The Kier molecular flexibility index (Phi) is 6.45. The summed E-state index contributed by atoms with van der Waals surface area (Å²) in [4.78, 5) is 40.0. The molecule has 1 spiro atoms. The molecule has 2 aliphatic rings. The Morgan fingerprint density at radius 2 is 1.94 bits per heavy atom. The number of esters is 3. The minimum absolute atomic E-state index is 0.0410. The van der Waals surface area contributed by atoms with E-state index < -0.39 is 29.4 Å². The van der Waals surface area contributed by atoms with Gasteiger partial charge in [-0.25, -0.2) is 14.4 Å². The zero-order valence-corrected chi connectivity index (χ0v) is 19.4. The summed E-state index contributed by atoms with van der Waals surface area (Å²) in [6, 6.07) is 5.12. The maximum atomic E-state index is 13.6. The first-order valence-electron chi connectivity index (χ1n) is 10.1. The molecule has 1 aromatic carbocycles. The second-order valence-corrected chi connectivity index (χ2v) is 8.38. The number of fused-ring (bicyclic) bond motifs is 2. The van der Waals surface area contributed by atoms with Gasteiger partial charge in [0, 0.05) is 22.1 Å². The molecule has 9 heteroatoms. The van der Waals surface area contributed by atoms with Crippen LogP contribution in [-0.2, 0) is 34.0 Å². The highest BCUT2D eigenvalue weighted by atomic mass is 79.9. The summed E-state index contributed by atoms with van der Waals surface area (Å²) < 4.78 is 17.0. The van der Waals surface area contributed by atoms with Gasteiger partial charge in [0.2, 0.25) is 0 Å². The highest BCUT2D eigenvalue weighted by Crippen LogP contribution is 2.53. The summed E-state index contributed by atoms with van der Waals surface area (Å²) in [5.41, 5.74) is 4.94. The fraction of sp³-hybridized carbons (Fsp3) is 0.409. The zero-order chi connectivity index (χ0) is 22.9. The Morgan fingerprint density at radius 1 is 1.23 bits per heavy atom. The first-order chi connectivity index (χ1) is 14.7. The number of anilines is 1. The summed E-state index contributed by atoms with van der Waals surface area (Å²) in [6.45, 7) is 6.99. The molecule has 1 atom stereocenters. The minimum atomic E-state index is -1.91. The first-order valence-corrected chi connectivity index (χ1v) is 10.9. The van der Waals surface area contributed by atoms with Gasteiger partial charge in [0.15, 0.2) is 5.41 Å². The van der Waals surface area contributed by atoms with Crippen LogP contribution in [0.5, 0.6) is 0 Å². The summed E-state index contributed by atoms with van der Waals surface area (Å²) >= 11 is 3.41. The minimum Gasteiger partial charge on any atom is -0.462 e. The molecule has 8 nitrogen and oxygen atoms in total. The average Bonchev–Trinajstić information content (AvgIpc) is 2.95. The second kappa shape index (κ2) is 8.74. The summed E-state index contributed by atoms with van der Waals surface area (Å²) in [6.07, 6.45) is 0.442. The van der Waals surface area contributed by atoms with Crippen molar-refractivity contribution >= 4 is 39.5 Å². The third-order valence-corrected chi connectivity index (χ3v) is 5.47. The van der Waals surface area contributed by atoms with E-state index in [-0.39, 0.29) is 29.3 Å². The van der Waals surface area contributed by atoms with E-state index in [2.05, 4.69) is 21.2 Å². The first kappa shape index (κ1) is 22.9. The number of cyclic esters (lactones) is 1. The highest BCUT2D eigenvalue weighted by Gasteiger charge is 2.63. The van der Waals surface area contributed by atoms with Gasteiger partial charge in [0.1, 0.15) is 22.7 Å². The number of halogens is 1. The van der Waals surface area contributed by atoms with E-state index >= 15 is 0 Å². The van der Waals surface area contributed by atoms with Crippen molar-refractivity contribution < 1.29 is 28.6 Å². The number of allylic oxidation sites excluding steroid dienone is 1. The summed E-state index contributed by atoms with van der Waals surface area (Å²) in [7, 11) is 0. The van der Waals surface area contributed by atoms with E-state index in [9.17, 15) is 14.4 Å². The van der Waals surface area contributed by atoms with Crippen molar-refractivity contribution in [1.29, 1.82) is 0 Å². The molecule has 3 N–H and O–H groups in total. The molecule has 0 radical (unpaired) electrons. The van der Waals surface area contributed by atoms with E-state index in [1.54, 1.807) is 39.0 Å². The molecule has 0 amide bonds. The van der Waals surface area contributed by atoms with Crippen molar-refractivity contribution in [3.63, 3.8) is 0 Å².